The number of benzene rings is 1. The number of hydrogen-bond acceptors (Lipinski definition) is 7. The Labute approximate surface area is 267 Å². The van der Waals surface area contributed by atoms with Gasteiger partial charge in [-0.15, -0.1) is 0 Å². The molecule has 5 atom stereocenters. The van der Waals surface area contributed by atoms with Gasteiger partial charge >= 0.3 is 0 Å². The highest BCUT2D eigenvalue weighted by atomic mass is 16.6. The van der Waals surface area contributed by atoms with Gasteiger partial charge in [-0.25, -0.2) is 0 Å². The van der Waals surface area contributed by atoms with Crippen molar-refractivity contribution in [3.63, 3.8) is 0 Å². The number of ether oxygens (including phenoxy) is 4. The molecule has 254 valence electrons. The molecule has 0 radical (unpaired) electrons. The highest BCUT2D eigenvalue weighted by Gasteiger charge is 2.30. The van der Waals surface area contributed by atoms with Crippen LogP contribution in [0.25, 0.3) is 10.4 Å². The molecule has 2 N–H and O–H groups in total. The number of aliphatic hydroxyl groups is 2. The SMILES string of the molecule is CCCCCCCCCCCCCC[C@@H](O)[C@@H](OC(C)C)[C@@H](COC[C@H](O)[C@H](COCc1ccccc1)OC(C)C)N=[N+]=[N-]. The molecule has 0 spiro atoms. The summed E-state index contributed by atoms with van der Waals surface area (Å²) in [7, 11) is 0. The Morgan fingerprint density at radius 3 is 1.82 bits per heavy atom. The van der Waals surface area contributed by atoms with Crippen LogP contribution < -0.4 is 0 Å². The Hall–Kier alpha value is -1.71. The third-order valence-corrected chi connectivity index (χ3v) is 7.59. The minimum absolute atomic E-state index is 0.00722. The van der Waals surface area contributed by atoms with Crippen LogP contribution in [0.5, 0.6) is 0 Å². The Morgan fingerprint density at radius 1 is 0.705 bits per heavy atom. The van der Waals surface area contributed by atoms with Crippen LogP contribution in [0.2, 0.25) is 0 Å². The zero-order valence-electron chi connectivity index (χ0n) is 28.3. The molecule has 0 unspecified atom stereocenters. The van der Waals surface area contributed by atoms with Gasteiger partial charge in [-0.2, -0.15) is 0 Å². The normalized spacial score (nSPS) is 15.2. The van der Waals surface area contributed by atoms with E-state index in [1.807, 2.05) is 58.0 Å². The van der Waals surface area contributed by atoms with Crippen LogP contribution in [-0.4, -0.2) is 72.7 Å². The zero-order valence-corrected chi connectivity index (χ0v) is 28.3. The van der Waals surface area contributed by atoms with E-state index in [2.05, 4.69) is 16.9 Å². The number of aliphatic hydroxyl groups excluding tert-OH is 2. The quantitative estimate of drug-likeness (QED) is 0.0401. The molecule has 9 nitrogen and oxygen atoms in total. The first-order valence-corrected chi connectivity index (χ1v) is 17.2. The monoisotopic (exact) mass is 621 g/mol. The first kappa shape index (κ1) is 40.3. The average molecular weight is 622 g/mol. The highest BCUT2D eigenvalue weighted by Crippen LogP contribution is 2.19. The molecular formula is C35H63N3O6. The van der Waals surface area contributed by atoms with Gasteiger partial charge in [0.05, 0.1) is 56.9 Å². The van der Waals surface area contributed by atoms with Crippen molar-refractivity contribution in [2.75, 3.05) is 19.8 Å². The van der Waals surface area contributed by atoms with E-state index in [-0.39, 0.29) is 32.0 Å². The molecule has 0 heterocycles. The molecule has 0 saturated heterocycles. The molecular weight excluding hydrogens is 558 g/mol. The number of azide groups is 1. The van der Waals surface area contributed by atoms with Gasteiger partial charge in [0.25, 0.3) is 0 Å². The van der Waals surface area contributed by atoms with Crippen molar-refractivity contribution < 1.29 is 29.2 Å². The highest BCUT2D eigenvalue weighted by molar-refractivity contribution is 5.13. The Bertz CT molecular complexity index is 837. The Morgan fingerprint density at radius 2 is 1.27 bits per heavy atom. The fourth-order valence-electron chi connectivity index (χ4n) is 5.25. The largest absolute Gasteiger partial charge is 0.390 e. The molecule has 1 rings (SSSR count). The van der Waals surface area contributed by atoms with Crippen molar-refractivity contribution in [2.24, 2.45) is 5.11 Å². The fourth-order valence-corrected chi connectivity index (χ4v) is 5.25. The summed E-state index contributed by atoms with van der Waals surface area (Å²) in [6.07, 6.45) is 12.3. The topological polar surface area (TPSA) is 126 Å². The van der Waals surface area contributed by atoms with Gasteiger partial charge in [0.2, 0.25) is 0 Å². The molecule has 0 saturated carbocycles. The summed E-state index contributed by atoms with van der Waals surface area (Å²) >= 11 is 0. The Balaban J connectivity index is 2.50. The summed E-state index contributed by atoms with van der Waals surface area (Å²) in [6.45, 7) is 10.4. The summed E-state index contributed by atoms with van der Waals surface area (Å²) in [5.74, 6) is 0. The second kappa shape index (κ2) is 26.5. The van der Waals surface area contributed by atoms with Crippen LogP contribution in [-0.2, 0) is 25.6 Å². The van der Waals surface area contributed by atoms with E-state index in [1.54, 1.807) is 0 Å². The standard InChI is InChI=1S/C35H63N3O6/c1-6-7-8-9-10-11-12-13-14-15-16-20-23-32(39)35(44-29(4)5)31(37-38-36)25-42-26-33(40)34(43-28(2)3)27-41-24-30-21-18-17-19-22-30/h17-19,21-22,28-29,31-35,39-40H,6-16,20,23-27H2,1-5H3/t31-,32-,33+,34+,35+/m1/s1. The van der Waals surface area contributed by atoms with Gasteiger partial charge in [-0.3, -0.25) is 0 Å². The summed E-state index contributed by atoms with van der Waals surface area (Å²) in [5.41, 5.74) is 10.3. The van der Waals surface area contributed by atoms with Crippen molar-refractivity contribution in [3.8, 4) is 0 Å². The molecule has 1 aromatic rings. The molecule has 0 fully saturated rings. The number of rotatable bonds is 29. The third kappa shape index (κ3) is 20.3. The molecule has 0 aromatic heterocycles. The molecule has 0 aliphatic rings. The number of nitrogens with zero attached hydrogens (tertiary/aromatic N) is 3. The average Bonchev–Trinajstić information content (AvgIpc) is 2.99. The van der Waals surface area contributed by atoms with Crippen molar-refractivity contribution in [1.82, 2.24) is 0 Å². The molecule has 0 aliphatic carbocycles. The lowest BCUT2D eigenvalue weighted by molar-refractivity contribution is -0.128. The van der Waals surface area contributed by atoms with Gasteiger partial charge in [0.1, 0.15) is 12.2 Å². The second-order valence-electron chi connectivity index (χ2n) is 12.5. The van der Waals surface area contributed by atoms with Crippen LogP contribution in [0.15, 0.2) is 35.4 Å². The minimum atomic E-state index is -0.949. The van der Waals surface area contributed by atoms with Crippen molar-refractivity contribution in [2.45, 2.75) is 167 Å². The minimum Gasteiger partial charge on any atom is -0.390 e. The van der Waals surface area contributed by atoms with E-state index >= 15 is 0 Å². The lowest BCUT2D eigenvalue weighted by Gasteiger charge is -2.31. The maximum absolute atomic E-state index is 11.1. The smallest absolute Gasteiger partial charge is 0.109 e. The molecule has 0 aliphatic heterocycles. The predicted octanol–water partition coefficient (Wildman–Crippen LogP) is 8.30. The van der Waals surface area contributed by atoms with E-state index in [9.17, 15) is 15.7 Å². The van der Waals surface area contributed by atoms with E-state index in [0.29, 0.717) is 13.0 Å². The zero-order chi connectivity index (χ0) is 32.4. The van der Waals surface area contributed by atoms with Crippen molar-refractivity contribution in [3.05, 3.63) is 46.3 Å². The van der Waals surface area contributed by atoms with E-state index in [1.165, 1.54) is 57.8 Å². The lowest BCUT2D eigenvalue weighted by Crippen LogP contribution is -2.44. The van der Waals surface area contributed by atoms with Gasteiger partial charge < -0.3 is 29.2 Å². The van der Waals surface area contributed by atoms with Crippen LogP contribution in [0.4, 0.5) is 0 Å². The lowest BCUT2D eigenvalue weighted by atomic mass is 9.99. The molecule has 0 bridgehead atoms. The van der Waals surface area contributed by atoms with E-state index in [4.69, 9.17) is 18.9 Å². The number of hydrogen-bond donors (Lipinski definition) is 2. The van der Waals surface area contributed by atoms with Crippen LogP contribution in [0.3, 0.4) is 0 Å². The summed E-state index contributed by atoms with van der Waals surface area (Å²) in [4.78, 5) is 3.00. The van der Waals surface area contributed by atoms with Crippen LogP contribution in [0.1, 0.15) is 124 Å². The van der Waals surface area contributed by atoms with E-state index < -0.39 is 30.5 Å². The number of unbranched alkanes of at least 4 members (excludes halogenated alkanes) is 11. The van der Waals surface area contributed by atoms with Gasteiger partial charge in [0.15, 0.2) is 0 Å². The third-order valence-electron chi connectivity index (χ3n) is 7.59. The molecule has 1 aromatic carbocycles. The molecule has 0 amide bonds. The van der Waals surface area contributed by atoms with Crippen LogP contribution >= 0.6 is 0 Å². The summed E-state index contributed by atoms with van der Waals surface area (Å²) in [6, 6.07) is 9.09. The second-order valence-corrected chi connectivity index (χ2v) is 12.5. The first-order valence-electron chi connectivity index (χ1n) is 17.2. The molecule has 9 heteroatoms. The van der Waals surface area contributed by atoms with Gasteiger partial charge in [-0.1, -0.05) is 119 Å². The Kier molecular flexibility index (Phi) is 24.3. The van der Waals surface area contributed by atoms with Crippen molar-refractivity contribution >= 4 is 0 Å². The summed E-state index contributed by atoms with van der Waals surface area (Å²) < 4.78 is 23.6. The first-order chi connectivity index (χ1) is 21.3. The fraction of sp³-hybridized carbons (Fsp3) is 0.829. The maximum Gasteiger partial charge on any atom is 0.109 e. The summed E-state index contributed by atoms with van der Waals surface area (Å²) in [5, 5.41) is 25.8. The van der Waals surface area contributed by atoms with Crippen LogP contribution in [0, 0.1) is 0 Å². The molecule has 44 heavy (non-hydrogen) atoms. The van der Waals surface area contributed by atoms with Gasteiger partial charge in [0, 0.05) is 4.91 Å². The van der Waals surface area contributed by atoms with Crippen molar-refractivity contribution in [1.29, 1.82) is 0 Å². The maximum atomic E-state index is 11.1. The van der Waals surface area contributed by atoms with E-state index in [0.717, 1.165) is 24.8 Å². The van der Waals surface area contributed by atoms with Gasteiger partial charge in [-0.05, 0) is 45.2 Å². The predicted molar refractivity (Wildman–Crippen MR) is 178 cm³/mol.